The summed E-state index contributed by atoms with van der Waals surface area (Å²) in [4.78, 5) is 11.5. The summed E-state index contributed by atoms with van der Waals surface area (Å²) < 4.78 is 0. The van der Waals surface area contributed by atoms with Gasteiger partial charge in [0.05, 0.1) is 19.5 Å². The number of rotatable bonds is 2. The Balaban J connectivity index is 1.13. The van der Waals surface area contributed by atoms with Crippen LogP contribution in [0.3, 0.4) is 0 Å². The Kier molecular flexibility index (Phi) is 6.02. The molecule has 0 spiro atoms. The standard InChI is InChI=1S/C38H24S7/c1-37(2)25-15-17(13-23-29(39)19-9-5-6-10-20(19)30(23)40)43-33(25)35-27(37)28-36(45-35)34-26(38(28,3)4)16-18(44-34)14-24-31(41)21-11-7-8-12-22(21)32(24)42/h5-16H,1-4H3. The van der Waals surface area contributed by atoms with Crippen LogP contribution in [-0.2, 0) is 10.8 Å². The van der Waals surface area contributed by atoms with Crippen LogP contribution in [0.2, 0.25) is 0 Å². The molecule has 0 nitrogen and oxygen atoms in total. The van der Waals surface area contributed by atoms with Gasteiger partial charge in [-0.15, -0.1) is 34.0 Å². The molecule has 0 N–H and O–H groups in total. The summed E-state index contributed by atoms with van der Waals surface area (Å²) in [5.74, 6) is 0. The van der Waals surface area contributed by atoms with E-state index >= 15 is 0 Å². The van der Waals surface area contributed by atoms with Crippen LogP contribution in [0.5, 0.6) is 0 Å². The van der Waals surface area contributed by atoms with Gasteiger partial charge in [-0.3, -0.25) is 0 Å². The molecule has 3 aromatic heterocycles. The van der Waals surface area contributed by atoms with Crippen LogP contribution in [0.1, 0.15) is 82.0 Å². The van der Waals surface area contributed by atoms with E-state index in [0.717, 1.165) is 52.9 Å². The van der Waals surface area contributed by atoms with E-state index in [1.807, 2.05) is 58.3 Å². The van der Waals surface area contributed by atoms with Gasteiger partial charge in [0.15, 0.2) is 0 Å². The third kappa shape index (κ3) is 3.72. The topological polar surface area (TPSA) is 0 Å². The third-order valence-corrected chi connectivity index (χ3v) is 15.2. The molecule has 218 valence electrons. The van der Waals surface area contributed by atoms with Crippen molar-refractivity contribution in [1.82, 2.24) is 0 Å². The molecule has 45 heavy (non-hydrogen) atoms. The van der Waals surface area contributed by atoms with Gasteiger partial charge in [0.1, 0.15) is 0 Å². The minimum absolute atomic E-state index is 0.0914. The SMILES string of the molecule is CC1(C)c2cc(C=C3C(=S)c4ccccc4C3=S)sc2-c2sc3c(c21)C(C)(C)c1cc(C=C2C(=S)c4ccccc4C2=S)sc1-3. The highest BCUT2D eigenvalue weighted by Crippen LogP contribution is 2.66. The van der Waals surface area contributed by atoms with E-state index < -0.39 is 0 Å². The summed E-state index contributed by atoms with van der Waals surface area (Å²) in [5, 5.41) is 0. The van der Waals surface area contributed by atoms with Gasteiger partial charge >= 0.3 is 0 Å². The molecule has 5 aromatic rings. The first-order valence-corrected chi connectivity index (χ1v) is 18.8. The number of hydrogen-bond acceptors (Lipinski definition) is 7. The zero-order chi connectivity index (χ0) is 31.2. The largest absolute Gasteiger partial charge is 0.135 e. The van der Waals surface area contributed by atoms with Gasteiger partial charge in [0, 0.05) is 73.5 Å². The zero-order valence-electron chi connectivity index (χ0n) is 24.8. The highest BCUT2D eigenvalue weighted by Gasteiger charge is 2.49. The maximum Gasteiger partial charge on any atom is 0.0543 e. The van der Waals surface area contributed by atoms with E-state index in [0.29, 0.717) is 0 Å². The van der Waals surface area contributed by atoms with E-state index in [4.69, 9.17) is 48.9 Å². The molecule has 0 bridgehead atoms. The molecule has 0 radical (unpaired) electrons. The summed E-state index contributed by atoms with van der Waals surface area (Å²) >= 11 is 29.2. The molecule has 0 saturated carbocycles. The molecule has 0 saturated heterocycles. The van der Waals surface area contributed by atoms with Crippen molar-refractivity contribution < 1.29 is 0 Å². The minimum Gasteiger partial charge on any atom is -0.135 e. The van der Waals surface area contributed by atoms with Crippen molar-refractivity contribution in [2.75, 3.05) is 0 Å². The smallest absolute Gasteiger partial charge is 0.0543 e. The molecule has 0 atom stereocenters. The highest BCUT2D eigenvalue weighted by molar-refractivity contribution is 7.84. The Hall–Kier alpha value is -2.62. The van der Waals surface area contributed by atoms with Crippen LogP contribution < -0.4 is 0 Å². The Morgan fingerprint density at radius 3 is 1.16 bits per heavy atom. The van der Waals surface area contributed by atoms with E-state index in [1.54, 1.807) is 0 Å². The van der Waals surface area contributed by atoms with Gasteiger partial charge in [-0.2, -0.15) is 0 Å². The molecular weight excluding hydrogens is 681 g/mol. The van der Waals surface area contributed by atoms with E-state index in [1.165, 1.54) is 51.5 Å². The molecule has 4 aliphatic rings. The summed E-state index contributed by atoms with van der Waals surface area (Å²) in [6.07, 6.45) is 4.45. The number of hydrogen-bond donors (Lipinski definition) is 0. The fraction of sp³-hybridized carbons (Fsp3) is 0.158. The lowest BCUT2D eigenvalue weighted by Gasteiger charge is -2.28. The average molecular weight is 705 g/mol. The van der Waals surface area contributed by atoms with Crippen molar-refractivity contribution in [2.45, 2.75) is 38.5 Å². The first-order valence-electron chi connectivity index (χ1n) is 14.8. The van der Waals surface area contributed by atoms with Crippen molar-refractivity contribution >= 4 is 114 Å². The second kappa shape index (κ2) is 9.48. The van der Waals surface area contributed by atoms with E-state index in [2.05, 4.69) is 76.2 Å². The van der Waals surface area contributed by atoms with Gasteiger partial charge in [-0.1, -0.05) is 125 Å². The molecule has 0 unspecified atom stereocenters. The van der Waals surface area contributed by atoms with Crippen molar-refractivity contribution in [3.05, 3.63) is 126 Å². The molecule has 0 amide bonds. The number of benzene rings is 2. The van der Waals surface area contributed by atoms with Crippen molar-refractivity contribution in [2.24, 2.45) is 0 Å². The lowest BCUT2D eigenvalue weighted by Crippen LogP contribution is -2.23. The molecule has 2 aromatic carbocycles. The number of fused-ring (bicyclic) bond motifs is 9. The van der Waals surface area contributed by atoms with Gasteiger partial charge in [-0.25, -0.2) is 0 Å². The van der Waals surface area contributed by atoms with Crippen LogP contribution in [0.25, 0.3) is 31.7 Å². The lowest BCUT2D eigenvalue weighted by molar-refractivity contribution is 0.604. The predicted molar refractivity (Wildman–Crippen MR) is 211 cm³/mol. The van der Waals surface area contributed by atoms with Crippen molar-refractivity contribution in [1.29, 1.82) is 0 Å². The predicted octanol–water partition coefficient (Wildman–Crippen LogP) is 11.6. The molecule has 4 aliphatic carbocycles. The minimum atomic E-state index is -0.0914. The van der Waals surface area contributed by atoms with Crippen LogP contribution >= 0.6 is 82.9 Å². The highest BCUT2D eigenvalue weighted by atomic mass is 32.1. The number of allylic oxidation sites excluding steroid dienone is 2. The normalized spacial score (nSPS) is 17.8. The first-order chi connectivity index (χ1) is 21.5. The summed E-state index contributed by atoms with van der Waals surface area (Å²) in [6.45, 7) is 9.58. The zero-order valence-corrected chi connectivity index (χ0v) is 30.5. The lowest BCUT2D eigenvalue weighted by atomic mass is 9.74. The van der Waals surface area contributed by atoms with Crippen LogP contribution in [-0.4, -0.2) is 19.5 Å². The monoisotopic (exact) mass is 704 g/mol. The third-order valence-electron chi connectivity index (χ3n) is 9.80. The van der Waals surface area contributed by atoms with Gasteiger partial charge in [0.2, 0.25) is 0 Å². The second-order valence-corrected chi connectivity index (χ2v) is 17.9. The first kappa shape index (κ1) is 28.6. The molecule has 7 heteroatoms. The molecule has 9 rings (SSSR count). The Morgan fingerprint density at radius 2 is 0.822 bits per heavy atom. The summed E-state index contributed by atoms with van der Waals surface area (Å²) in [5.41, 5.74) is 12.0. The van der Waals surface area contributed by atoms with Gasteiger partial charge in [-0.05, 0) is 46.5 Å². The Labute approximate surface area is 296 Å². The second-order valence-electron chi connectivity index (χ2n) is 13.1. The van der Waals surface area contributed by atoms with Gasteiger partial charge < -0.3 is 0 Å². The van der Waals surface area contributed by atoms with E-state index in [9.17, 15) is 0 Å². The van der Waals surface area contributed by atoms with Crippen LogP contribution in [0.4, 0.5) is 0 Å². The van der Waals surface area contributed by atoms with Crippen LogP contribution in [0, 0.1) is 0 Å². The molecule has 0 aliphatic heterocycles. The maximum atomic E-state index is 5.88. The number of thiophene rings is 3. The maximum absolute atomic E-state index is 5.88. The quantitative estimate of drug-likeness (QED) is 0.132. The van der Waals surface area contributed by atoms with Gasteiger partial charge in [0.25, 0.3) is 0 Å². The Bertz CT molecular complexity index is 2100. The van der Waals surface area contributed by atoms with Crippen molar-refractivity contribution in [3.63, 3.8) is 0 Å². The summed E-state index contributed by atoms with van der Waals surface area (Å²) in [7, 11) is 0. The fourth-order valence-corrected chi connectivity index (χ4v) is 13.5. The van der Waals surface area contributed by atoms with Crippen molar-refractivity contribution in [3.8, 4) is 19.5 Å². The van der Waals surface area contributed by atoms with E-state index in [-0.39, 0.29) is 10.8 Å². The Morgan fingerprint density at radius 1 is 0.489 bits per heavy atom. The summed E-state index contributed by atoms with van der Waals surface area (Å²) in [6, 6.07) is 21.2. The fourth-order valence-electron chi connectivity index (χ4n) is 7.53. The molecule has 0 fully saturated rings. The molecule has 3 heterocycles. The number of thiocarbonyl (C=S) groups is 4. The van der Waals surface area contributed by atoms with Crippen LogP contribution in [0.15, 0.2) is 71.8 Å². The molecular formula is C38H24S7. The average Bonchev–Trinajstić information content (AvgIpc) is 3.86.